The minimum atomic E-state index is -0.312. The molecule has 0 atom stereocenters. The molecule has 5 heteroatoms. The molecule has 5 aromatic rings. The number of nitrogens with zero attached hydrogens (tertiary/aromatic N) is 3. The Balaban J connectivity index is 1.54. The summed E-state index contributed by atoms with van der Waals surface area (Å²) in [5, 5.41) is 4.79. The van der Waals surface area contributed by atoms with Crippen LogP contribution in [0, 0.1) is 12.7 Å². The SMILES string of the molecule is Cc1ccc(-n2nc(-c3ccc(F)cc3)cc2C(=O)N(CCc2ccccc2)Cc2ccccc2)cc1. The normalized spacial score (nSPS) is 10.9. The molecule has 0 saturated heterocycles. The van der Waals surface area contributed by atoms with E-state index in [1.54, 1.807) is 22.9 Å². The summed E-state index contributed by atoms with van der Waals surface area (Å²) in [5.41, 5.74) is 5.98. The molecule has 1 amide bonds. The fourth-order valence-electron chi connectivity index (χ4n) is 4.30. The van der Waals surface area contributed by atoms with Gasteiger partial charge >= 0.3 is 0 Å². The van der Waals surface area contributed by atoms with E-state index in [0.717, 1.165) is 28.8 Å². The molecule has 0 aliphatic rings. The summed E-state index contributed by atoms with van der Waals surface area (Å²) in [6.45, 7) is 3.06. The summed E-state index contributed by atoms with van der Waals surface area (Å²) in [4.78, 5) is 16.0. The number of carbonyl (C=O) groups excluding carboxylic acids is 1. The van der Waals surface area contributed by atoms with Crippen molar-refractivity contribution in [1.29, 1.82) is 0 Å². The maximum atomic E-state index is 14.1. The molecule has 5 rings (SSSR count). The van der Waals surface area contributed by atoms with Crippen molar-refractivity contribution in [3.63, 3.8) is 0 Å². The molecule has 37 heavy (non-hydrogen) atoms. The Labute approximate surface area is 216 Å². The van der Waals surface area contributed by atoms with Crippen molar-refractivity contribution >= 4 is 5.91 Å². The fraction of sp³-hybridized carbons (Fsp3) is 0.125. The van der Waals surface area contributed by atoms with Crippen LogP contribution in [0.15, 0.2) is 115 Å². The molecule has 0 saturated carbocycles. The Bertz CT molecular complexity index is 1460. The molecule has 184 valence electrons. The van der Waals surface area contributed by atoms with Crippen LogP contribution in [0.3, 0.4) is 0 Å². The zero-order chi connectivity index (χ0) is 25.6. The van der Waals surface area contributed by atoms with Crippen LogP contribution in [0.4, 0.5) is 4.39 Å². The third kappa shape index (κ3) is 5.84. The van der Waals surface area contributed by atoms with Crippen molar-refractivity contribution in [2.45, 2.75) is 19.9 Å². The predicted molar refractivity (Wildman–Crippen MR) is 145 cm³/mol. The minimum Gasteiger partial charge on any atom is -0.333 e. The second-order valence-corrected chi connectivity index (χ2v) is 9.12. The van der Waals surface area contributed by atoms with E-state index >= 15 is 0 Å². The quantitative estimate of drug-likeness (QED) is 0.238. The molecule has 0 spiro atoms. The van der Waals surface area contributed by atoms with Gasteiger partial charge in [0.25, 0.3) is 5.91 Å². The first kappa shape index (κ1) is 24.2. The maximum Gasteiger partial charge on any atom is 0.272 e. The van der Waals surface area contributed by atoms with Crippen LogP contribution in [-0.4, -0.2) is 27.1 Å². The predicted octanol–water partition coefficient (Wildman–Crippen LogP) is 6.87. The van der Waals surface area contributed by atoms with Gasteiger partial charge in [-0.05, 0) is 66.9 Å². The molecule has 1 aromatic heterocycles. The summed E-state index contributed by atoms with van der Waals surface area (Å²) in [6.07, 6.45) is 0.739. The second kappa shape index (κ2) is 11.0. The van der Waals surface area contributed by atoms with E-state index < -0.39 is 0 Å². The minimum absolute atomic E-state index is 0.110. The van der Waals surface area contributed by atoms with Crippen LogP contribution in [0.25, 0.3) is 16.9 Å². The van der Waals surface area contributed by atoms with Crippen LogP contribution >= 0.6 is 0 Å². The summed E-state index contributed by atoms with van der Waals surface area (Å²) in [5.74, 6) is -0.422. The van der Waals surface area contributed by atoms with Gasteiger partial charge in [-0.15, -0.1) is 0 Å². The number of hydrogen-bond acceptors (Lipinski definition) is 2. The smallest absolute Gasteiger partial charge is 0.272 e. The van der Waals surface area contributed by atoms with E-state index in [0.29, 0.717) is 24.5 Å². The summed E-state index contributed by atoms with van der Waals surface area (Å²) in [6, 6.07) is 36.1. The van der Waals surface area contributed by atoms with Gasteiger partial charge in [0.15, 0.2) is 0 Å². The first-order valence-electron chi connectivity index (χ1n) is 12.4. The lowest BCUT2D eigenvalue weighted by molar-refractivity contribution is 0.0736. The average molecular weight is 490 g/mol. The zero-order valence-corrected chi connectivity index (χ0v) is 20.7. The maximum absolute atomic E-state index is 14.1. The molecule has 1 heterocycles. The van der Waals surface area contributed by atoms with Gasteiger partial charge in [0, 0.05) is 18.7 Å². The largest absolute Gasteiger partial charge is 0.333 e. The van der Waals surface area contributed by atoms with Gasteiger partial charge < -0.3 is 4.90 Å². The van der Waals surface area contributed by atoms with Crippen LogP contribution in [0.1, 0.15) is 27.2 Å². The van der Waals surface area contributed by atoms with Crippen molar-refractivity contribution in [2.24, 2.45) is 0 Å². The van der Waals surface area contributed by atoms with Crippen LogP contribution < -0.4 is 0 Å². The van der Waals surface area contributed by atoms with Gasteiger partial charge in [0.05, 0.1) is 11.4 Å². The van der Waals surface area contributed by atoms with E-state index in [1.165, 1.54) is 17.7 Å². The first-order chi connectivity index (χ1) is 18.1. The summed E-state index contributed by atoms with van der Waals surface area (Å²) >= 11 is 0. The standard InChI is InChI=1S/C32H28FN3O/c1-24-12-18-29(19-13-24)36-31(22-30(34-36)27-14-16-28(33)17-15-27)32(37)35(23-26-10-6-3-7-11-26)21-20-25-8-4-2-5-9-25/h2-19,22H,20-21,23H2,1H3. The number of rotatable bonds is 8. The molecule has 0 radical (unpaired) electrons. The molecule has 0 unspecified atom stereocenters. The number of aryl methyl sites for hydroxylation is 1. The van der Waals surface area contributed by atoms with Gasteiger partial charge in [0.1, 0.15) is 11.5 Å². The molecule has 4 nitrogen and oxygen atoms in total. The van der Waals surface area contributed by atoms with E-state index in [9.17, 15) is 9.18 Å². The van der Waals surface area contributed by atoms with Gasteiger partial charge in [-0.2, -0.15) is 5.10 Å². The lowest BCUT2D eigenvalue weighted by Gasteiger charge is -2.23. The van der Waals surface area contributed by atoms with Gasteiger partial charge in [-0.1, -0.05) is 78.4 Å². The Hall–Kier alpha value is -4.51. The molecule has 0 fully saturated rings. The summed E-state index contributed by atoms with van der Waals surface area (Å²) in [7, 11) is 0. The van der Waals surface area contributed by atoms with Crippen molar-refractivity contribution in [3.8, 4) is 16.9 Å². The number of carbonyl (C=O) groups is 1. The lowest BCUT2D eigenvalue weighted by Crippen LogP contribution is -2.34. The lowest BCUT2D eigenvalue weighted by atomic mass is 10.1. The Morgan fingerprint density at radius 1 is 0.811 bits per heavy atom. The Kier molecular flexibility index (Phi) is 7.22. The van der Waals surface area contributed by atoms with Crippen LogP contribution in [0.5, 0.6) is 0 Å². The summed E-state index contributed by atoms with van der Waals surface area (Å²) < 4.78 is 15.3. The number of benzene rings is 4. The topological polar surface area (TPSA) is 38.1 Å². The van der Waals surface area contributed by atoms with E-state index in [2.05, 4.69) is 12.1 Å². The molecular weight excluding hydrogens is 461 g/mol. The molecule has 0 aliphatic heterocycles. The van der Waals surface area contributed by atoms with Crippen molar-refractivity contribution in [1.82, 2.24) is 14.7 Å². The van der Waals surface area contributed by atoms with Gasteiger partial charge in [-0.3, -0.25) is 4.79 Å². The van der Waals surface area contributed by atoms with E-state index in [1.807, 2.05) is 84.6 Å². The number of hydrogen-bond donors (Lipinski definition) is 0. The van der Waals surface area contributed by atoms with Crippen molar-refractivity contribution in [3.05, 3.63) is 143 Å². The Morgan fingerprint density at radius 2 is 1.43 bits per heavy atom. The number of aromatic nitrogens is 2. The highest BCUT2D eigenvalue weighted by Crippen LogP contribution is 2.24. The Morgan fingerprint density at radius 3 is 2.08 bits per heavy atom. The number of halogens is 1. The molecule has 0 aliphatic carbocycles. The first-order valence-corrected chi connectivity index (χ1v) is 12.4. The van der Waals surface area contributed by atoms with Gasteiger partial charge in [-0.25, -0.2) is 9.07 Å². The molecular formula is C32H28FN3O. The molecule has 0 N–H and O–H groups in total. The highest BCUT2D eigenvalue weighted by atomic mass is 19.1. The van der Waals surface area contributed by atoms with Crippen LogP contribution in [0.2, 0.25) is 0 Å². The van der Waals surface area contributed by atoms with Crippen molar-refractivity contribution in [2.75, 3.05) is 6.54 Å². The fourth-order valence-corrected chi connectivity index (χ4v) is 4.30. The molecule has 4 aromatic carbocycles. The van der Waals surface area contributed by atoms with Gasteiger partial charge in [0.2, 0.25) is 0 Å². The third-order valence-corrected chi connectivity index (χ3v) is 6.36. The second-order valence-electron chi connectivity index (χ2n) is 9.12. The molecule has 0 bridgehead atoms. The number of amides is 1. The highest BCUT2D eigenvalue weighted by molar-refractivity contribution is 5.94. The average Bonchev–Trinajstić information content (AvgIpc) is 3.38. The highest BCUT2D eigenvalue weighted by Gasteiger charge is 2.23. The van der Waals surface area contributed by atoms with E-state index in [-0.39, 0.29) is 11.7 Å². The van der Waals surface area contributed by atoms with Crippen molar-refractivity contribution < 1.29 is 9.18 Å². The third-order valence-electron chi connectivity index (χ3n) is 6.36. The monoisotopic (exact) mass is 489 g/mol. The van der Waals surface area contributed by atoms with Crippen LogP contribution in [-0.2, 0) is 13.0 Å². The van der Waals surface area contributed by atoms with E-state index in [4.69, 9.17) is 5.10 Å². The zero-order valence-electron chi connectivity index (χ0n) is 20.7.